The molecule has 0 aliphatic rings. The lowest BCUT2D eigenvalue weighted by atomic mass is 10.1. The Morgan fingerprint density at radius 2 is 2.00 bits per heavy atom. The smallest absolute Gasteiger partial charge is 0.356 e. The van der Waals surface area contributed by atoms with Crippen molar-refractivity contribution in [2.45, 2.75) is 26.3 Å². The van der Waals surface area contributed by atoms with Gasteiger partial charge >= 0.3 is 5.97 Å². The van der Waals surface area contributed by atoms with Gasteiger partial charge in [-0.2, -0.15) is 0 Å². The summed E-state index contributed by atoms with van der Waals surface area (Å²) in [7, 11) is 0. The third kappa shape index (κ3) is 5.13. The van der Waals surface area contributed by atoms with Crippen LogP contribution in [0.25, 0.3) is 0 Å². The van der Waals surface area contributed by atoms with Crippen LogP contribution in [0.5, 0.6) is 0 Å². The second-order valence-corrected chi connectivity index (χ2v) is 5.39. The van der Waals surface area contributed by atoms with Crippen molar-refractivity contribution < 1.29 is 14.7 Å². The first kappa shape index (κ1) is 15.2. The summed E-state index contributed by atoms with van der Waals surface area (Å²) in [5.41, 5.74) is -0.568. The van der Waals surface area contributed by atoms with Crippen LogP contribution in [-0.2, 0) is 4.79 Å². The molecule has 0 spiro atoms. The Labute approximate surface area is 116 Å². The molecule has 3 N–H and O–H groups in total. The number of nitrogens with one attached hydrogen (secondary N) is 2. The molecule has 0 aliphatic carbocycles. The first-order valence-corrected chi connectivity index (χ1v) is 6.01. The minimum absolute atomic E-state index is 0.00492. The fourth-order valence-electron chi connectivity index (χ4n) is 1.32. The summed E-state index contributed by atoms with van der Waals surface area (Å²) < 4.78 is 0. The number of anilines is 1. The Morgan fingerprint density at radius 1 is 1.37 bits per heavy atom. The molecular formula is C12H16ClN3O3. The maximum atomic E-state index is 11.6. The average molecular weight is 286 g/mol. The average Bonchev–Trinajstić information content (AvgIpc) is 2.25. The van der Waals surface area contributed by atoms with Gasteiger partial charge in [-0.05, 0) is 32.9 Å². The zero-order valence-corrected chi connectivity index (χ0v) is 11.7. The van der Waals surface area contributed by atoms with E-state index in [0.717, 1.165) is 0 Å². The highest BCUT2D eigenvalue weighted by Gasteiger charge is 2.14. The highest BCUT2D eigenvalue weighted by Crippen LogP contribution is 2.16. The number of nitrogens with zero attached hydrogens (tertiary/aromatic N) is 1. The lowest BCUT2D eigenvalue weighted by Gasteiger charge is -2.20. The molecule has 1 rings (SSSR count). The zero-order chi connectivity index (χ0) is 14.6. The quantitative estimate of drug-likeness (QED) is 0.784. The van der Waals surface area contributed by atoms with Gasteiger partial charge in [0.25, 0.3) is 0 Å². The minimum Gasteiger partial charge on any atom is -0.476 e. The van der Waals surface area contributed by atoms with Gasteiger partial charge in [-0.15, -0.1) is 0 Å². The predicted octanol–water partition coefficient (Wildman–Crippen LogP) is 1.76. The van der Waals surface area contributed by atoms with Crippen LogP contribution in [0.3, 0.4) is 0 Å². The lowest BCUT2D eigenvalue weighted by Crippen LogP contribution is -2.43. The number of hydrogen-bond donors (Lipinski definition) is 3. The fraction of sp³-hybridized carbons (Fsp3) is 0.417. The van der Waals surface area contributed by atoms with Crippen LogP contribution in [0.15, 0.2) is 12.1 Å². The second-order valence-electron chi connectivity index (χ2n) is 4.98. The van der Waals surface area contributed by atoms with E-state index in [2.05, 4.69) is 15.6 Å². The van der Waals surface area contributed by atoms with Crippen molar-refractivity contribution in [3.63, 3.8) is 0 Å². The van der Waals surface area contributed by atoms with Gasteiger partial charge in [0, 0.05) is 5.54 Å². The Bertz CT molecular complexity index is 497. The Kier molecular flexibility index (Phi) is 4.72. The lowest BCUT2D eigenvalue weighted by molar-refractivity contribution is -0.120. The first-order chi connectivity index (χ1) is 8.69. The van der Waals surface area contributed by atoms with Crippen molar-refractivity contribution in [1.29, 1.82) is 0 Å². The molecule has 0 saturated carbocycles. The number of carbonyl (C=O) groups is 2. The third-order valence-corrected chi connectivity index (χ3v) is 2.30. The predicted molar refractivity (Wildman–Crippen MR) is 72.6 cm³/mol. The maximum Gasteiger partial charge on any atom is 0.356 e. The SMILES string of the molecule is CC(C)(C)NC(=O)CNc1ccc(Cl)c(C(=O)O)n1. The van der Waals surface area contributed by atoms with E-state index in [-0.39, 0.29) is 34.5 Å². The Balaban J connectivity index is 2.66. The number of aromatic nitrogens is 1. The van der Waals surface area contributed by atoms with Crippen LogP contribution in [0.1, 0.15) is 31.3 Å². The molecule has 7 heteroatoms. The Morgan fingerprint density at radius 3 is 2.53 bits per heavy atom. The molecule has 104 valence electrons. The zero-order valence-electron chi connectivity index (χ0n) is 11.0. The summed E-state index contributed by atoms with van der Waals surface area (Å²) in [6, 6.07) is 2.93. The molecule has 0 radical (unpaired) electrons. The number of aromatic carboxylic acids is 1. The van der Waals surface area contributed by atoms with Gasteiger partial charge in [-0.1, -0.05) is 11.6 Å². The van der Waals surface area contributed by atoms with Crippen LogP contribution >= 0.6 is 11.6 Å². The van der Waals surface area contributed by atoms with Gasteiger partial charge in [0.1, 0.15) is 5.82 Å². The van der Waals surface area contributed by atoms with Gasteiger partial charge in [0.05, 0.1) is 11.6 Å². The number of amides is 1. The number of pyridine rings is 1. The molecule has 1 heterocycles. The fourth-order valence-corrected chi connectivity index (χ4v) is 1.51. The molecule has 0 unspecified atom stereocenters. The molecule has 1 aromatic rings. The van der Waals surface area contributed by atoms with E-state index < -0.39 is 5.97 Å². The molecular weight excluding hydrogens is 270 g/mol. The van der Waals surface area contributed by atoms with Crippen molar-refractivity contribution in [2.24, 2.45) is 0 Å². The van der Waals surface area contributed by atoms with Crippen LogP contribution in [0.4, 0.5) is 5.82 Å². The molecule has 0 aromatic carbocycles. The van der Waals surface area contributed by atoms with E-state index in [1.807, 2.05) is 20.8 Å². The van der Waals surface area contributed by atoms with E-state index >= 15 is 0 Å². The van der Waals surface area contributed by atoms with Crippen LogP contribution in [0, 0.1) is 0 Å². The minimum atomic E-state index is -1.22. The maximum absolute atomic E-state index is 11.6. The molecule has 19 heavy (non-hydrogen) atoms. The largest absolute Gasteiger partial charge is 0.476 e. The standard InChI is InChI=1S/C12H16ClN3O3/c1-12(2,3)16-9(17)6-14-8-5-4-7(13)10(15-8)11(18)19/h4-5H,6H2,1-3H3,(H,14,15)(H,16,17)(H,18,19). The number of carboxylic acid groups (broad SMARTS) is 1. The van der Waals surface area contributed by atoms with Gasteiger partial charge in [-0.3, -0.25) is 4.79 Å². The summed E-state index contributed by atoms with van der Waals surface area (Å²) in [6.07, 6.45) is 0. The van der Waals surface area contributed by atoms with Crippen LogP contribution in [0.2, 0.25) is 5.02 Å². The topological polar surface area (TPSA) is 91.3 Å². The van der Waals surface area contributed by atoms with E-state index in [1.165, 1.54) is 12.1 Å². The highest BCUT2D eigenvalue weighted by molar-refractivity contribution is 6.33. The monoisotopic (exact) mass is 285 g/mol. The summed E-state index contributed by atoms with van der Waals surface area (Å²) in [5, 5.41) is 14.4. The molecule has 6 nitrogen and oxygen atoms in total. The van der Waals surface area contributed by atoms with Gasteiger partial charge in [0.2, 0.25) is 5.91 Å². The number of rotatable bonds is 4. The van der Waals surface area contributed by atoms with E-state index in [0.29, 0.717) is 0 Å². The van der Waals surface area contributed by atoms with E-state index in [4.69, 9.17) is 16.7 Å². The summed E-state index contributed by atoms with van der Waals surface area (Å²) in [5.74, 6) is -1.14. The molecule has 0 fully saturated rings. The van der Waals surface area contributed by atoms with Gasteiger partial charge in [-0.25, -0.2) is 9.78 Å². The molecule has 0 atom stereocenters. The first-order valence-electron chi connectivity index (χ1n) is 5.64. The number of carboxylic acids is 1. The summed E-state index contributed by atoms with van der Waals surface area (Å²) in [4.78, 5) is 26.2. The normalized spacial score (nSPS) is 10.9. The second kappa shape index (κ2) is 5.88. The van der Waals surface area contributed by atoms with Gasteiger partial charge < -0.3 is 15.7 Å². The molecule has 0 saturated heterocycles. The molecule has 1 amide bonds. The van der Waals surface area contributed by atoms with Gasteiger partial charge in [0.15, 0.2) is 5.69 Å². The summed E-state index contributed by atoms with van der Waals surface area (Å²) in [6.45, 7) is 5.61. The van der Waals surface area contributed by atoms with E-state index in [9.17, 15) is 9.59 Å². The highest BCUT2D eigenvalue weighted by atomic mass is 35.5. The van der Waals surface area contributed by atoms with Crippen molar-refractivity contribution in [1.82, 2.24) is 10.3 Å². The van der Waals surface area contributed by atoms with E-state index in [1.54, 1.807) is 0 Å². The van der Waals surface area contributed by atoms with Crippen LogP contribution in [-0.4, -0.2) is 34.1 Å². The molecule has 0 aliphatic heterocycles. The number of carbonyl (C=O) groups excluding carboxylic acids is 1. The number of halogens is 1. The molecule has 0 bridgehead atoms. The Hall–Kier alpha value is -1.82. The van der Waals surface area contributed by atoms with Crippen molar-refractivity contribution in [3.8, 4) is 0 Å². The van der Waals surface area contributed by atoms with Crippen molar-refractivity contribution in [2.75, 3.05) is 11.9 Å². The van der Waals surface area contributed by atoms with Crippen molar-refractivity contribution in [3.05, 3.63) is 22.8 Å². The van der Waals surface area contributed by atoms with Crippen LogP contribution < -0.4 is 10.6 Å². The number of hydrogen-bond acceptors (Lipinski definition) is 4. The van der Waals surface area contributed by atoms with Crippen molar-refractivity contribution >= 4 is 29.3 Å². The third-order valence-electron chi connectivity index (χ3n) is 1.99. The molecule has 1 aromatic heterocycles. The summed E-state index contributed by atoms with van der Waals surface area (Å²) >= 11 is 5.69.